The van der Waals surface area contributed by atoms with Crippen LogP contribution in [0.2, 0.25) is 4.47 Å². The Bertz CT molecular complexity index is 124. The van der Waals surface area contributed by atoms with Gasteiger partial charge in [0.2, 0.25) is 0 Å². The van der Waals surface area contributed by atoms with Crippen molar-refractivity contribution in [2.75, 3.05) is 0 Å². The van der Waals surface area contributed by atoms with E-state index in [4.69, 9.17) is 0 Å². The summed E-state index contributed by atoms with van der Waals surface area (Å²) in [5.41, 5.74) is -0.0734. The van der Waals surface area contributed by atoms with Crippen LogP contribution < -0.4 is 0 Å². The molecule has 2 heteroatoms. The minimum atomic E-state index is -0.343. The fraction of sp³-hybridized carbons (Fsp3) is 0.889. The van der Waals surface area contributed by atoms with E-state index in [9.17, 15) is 4.79 Å². The Balaban J connectivity index is 3.54. The molecular formula is C9H18OTe. The third kappa shape index (κ3) is 5.70. The maximum atomic E-state index is 11.4. The molecule has 1 nitrogen and oxygen atoms in total. The molecule has 0 aliphatic carbocycles. The number of carbonyl (C=O) groups is 1. The maximum absolute atomic E-state index is 11.4. The number of rotatable bonds is 4. The molecule has 0 amide bonds. The fourth-order valence-electron chi connectivity index (χ4n) is 0.526. The predicted molar refractivity (Wildman–Crippen MR) is 49.9 cm³/mol. The van der Waals surface area contributed by atoms with Gasteiger partial charge >= 0.3 is 80.0 Å². The molecule has 0 saturated carbocycles. The Hall–Kier alpha value is 0.460. The molecule has 0 aromatic carbocycles. The summed E-state index contributed by atoms with van der Waals surface area (Å²) in [5, 5.41) is 0. The molecule has 0 atom stereocenters. The Morgan fingerprint density at radius 2 is 1.91 bits per heavy atom. The zero-order valence-electron chi connectivity index (χ0n) is 7.94. The van der Waals surface area contributed by atoms with E-state index < -0.39 is 0 Å². The van der Waals surface area contributed by atoms with Crippen molar-refractivity contribution < 1.29 is 4.79 Å². The molecular weight excluding hydrogens is 252 g/mol. The van der Waals surface area contributed by atoms with Gasteiger partial charge in [-0.15, -0.1) is 0 Å². The van der Waals surface area contributed by atoms with Gasteiger partial charge in [0.25, 0.3) is 0 Å². The molecule has 0 heterocycles. The Labute approximate surface area is 80.0 Å². The summed E-state index contributed by atoms with van der Waals surface area (Å²) < 4.78 is 1.72. The molecule has 0 aliphatic heterocycles. The van der Waals surface area contributed by atoms with E-state index in [1.807, 2.05) is 20.8 Å². The van der Waals surface area contributed by atoms with Gasteiger partial charge < -0.3 is 0 Å². The van der Waals surface area contributed by atoms with Gasteiger partial charge in [-0.2, -0.15) is 0 Å². The Kier molecular flexibility index (Phi) is 5.38. The summed E-state index contributed by atoms with van der Waals surface area (Å²) in [5.74, 6) is 0. The van der Waals surface area contributed by atoms with Gasteiger partial charge in [-0.1, -0.05) is 0 Å². The second-order valence-electron chi connectivity index (χ2n) is 3.74. The third-order valence-corrected chi connectivity index (χ3v) is 5.25. The first-order chi connectivity index (χ1) is 4.98. The molecule has 0 aromatic heterocycles. The quantitative estimate of drug-likeness (QED) is 0.566. The van der Waals surface area contributed by atoms with Crippen LogP contribution in [0, 0.1) is 5.41 Å². The van der Waals surface area contributed by atoms with E-state index in [-0.39, 0.29) is 26.3 Å². The average molecular weight is 270 g/mol. The van der Waals surface area contributed by atoms with E-state index in [1.54, 1.807) is 0 Å². The molecule has 0 aromatic rings. The molecule has 0 rings (SSSR count). The third-order valence-electron chi connectivity index (χ3n) is 1.34. The van der Waals surface area contributed by atoms with Crippen LogP contribution >= 0.6 is 0 Å². The van der Waals surface area contributed by atoms with Gasteiger partial charge in [0, 0.05) is 0 Å². The van der Waals surface area contributed by atoms with Crippen molar-refractivity contribution in [2.45, 2.75) is 45.0 Å². The molecule has 11 heavy (non-hydrogen) atoms. The first-order valence-electron chi connectivity index (χ1n) is 4.15. The van der Waals surface area contributed by atoms with Gasteiger partial charge in [0.1, 0.15) is 0 Å². The van der Waals surface area contributed by atoms with Gasteiger partial charge in [-0.25, -0.2) is 0 Å². The van der Waals surface area contributed by atoms with E-state index in [0.717, 1.165) is 0 Å². The molecule has 0 radical (unpaired) electrons. The average Bonchev–Trinajstić information content (AvgIpc) is 1.86. The zero-order valence-corrected chi connectivity index (χ0v) is 10.3. The van der Waals surface area contributed by atoms with Crippen molar-refractivity contribution in [3.05, 3.63) is 0 Å². The summed E-state index contributed by atoms with van der Waals surface area (Å²) in [6.07, 6.45) is 2.46. The summed E-state index contributed by atoms with van der Waals surface area (Å²) in [7, 11) is 0. The molecule has 0 spiro atoms. The summed E-state index contributed by atoms with van der Waals surface area (Å²) in [4.78, 5) is 11.4. The van der Waals surface area contributed by atoms with Crippen LogP contribution in [0.25, 0.3) is 0 Å². The fourth-order valence-corrected chi connectivity index (χ4v) is 3.53. The van der Waals surface area contributed by atoms with Crippen molar-refractivity contribution in [3.63, 3.8) is 0 Å². The van der Waals surface area contributed by atoms with Gasteiger partial charge in [-0.05, 0) is 0 Å². The standard InChI is InChI=1S/C9H18OTe/c1-5-6-7-11-8(10)9(2,3)4/h5-7H2,1-4H3. The summed E-state index contributed by atoms with van der Waals surface area (Å²) >= 11 is -0.343. The van der Waals surface area contributed by atoms with Crippen molar-refractivity contribution in [1.82, 2.24) is 0 Å². The van der Waals surface area contributed by atoms with Crippen molar-refractivity contribution in [1.29, 1.82) is 0 Å². The van der Waals surface area contributed by atoms with Crippen LogP contribution in [0.3, 0.4) is 0 Å². The molecule has 0 N–H and O–H groups in total. The van der Waals surface area contributed by atoms with Gasteiger partial charge in [0.05, 0.1) is 0 Å². The minimum absolute atomic E-state index is 0.0734. The van der Waals surface area contributed by atoms with Crippen LogP contribution in [-0.2, 0) is 4.79 Å². The SMILES string of the molecule is CCCC[Te]C(=O)C(C)(C)C. The molecule has 0 saturated heterocycles. The van der Waals surface area contributed by atoms with E-state index in [2.05, 4.69) is 6.92 Å². The zero-order chi connectivity index (χ0) is 8.91. The number of hydrogen-bond acceptors (Lipinski definition) is 1. The monoisotopic (exact) mass is 272 g/mol. The van der Waals surface area contributed by atoms with Crippen molar-refractivity contribution in [2.24, 2.45) is 5.41 Å². The van der Waals surface area contributed by atoms with Crippen LogP contribution in [-0.4, -0.2) is 24.8 Å². The molecule has 0 aliphatic rings. The number of hydrogen-bond donors (Lipinski definition) is 0. The van der Waals surface area contributed by atoms with Crippen molar-refractivity contribution in [3.8, 4) is 0 Å². The second kappa shape index (κ2) is 5.17. The number of carbonyl (C=O) groups excluding carboxylic acids is 1. The number of unbranched alkanes of at least 4 members (excludes halogenated alkanes) is 1. The van der Waals surface area contributed by atoms with E-state index in [1.165, 1.54) is 17.3 Å². The van der Waals surface area contributed by atoms with Crippen molar-refractivity contribution >= 4 is 24.8 Å². The first kappa shape index (κ1) is 11.5. The molecule has 66 valence electrons. The molecule has 0 bridgehead atoms. The first-order valence-corrected chi connectivity index (χ1v) is 6.97. The Morgan fingerprint density at radius 3 is 2.27 bits per heavy atom. The van der Waals surface area contributed by atoms with Crippen LogP contribution in [0.5, 0.6) is 0 Å². The predicted octanol–water partition coefficient (Wildman–Crippen LogP) is 2.48. The van der Waals surface area contributed by atoms with E-state index in [0.29, 0.717) is 3.83 Å². The van der Waals surface area contributed by atoms with Crippen LogP contribution in [0.4, 0.5) is 0 Å². The molecule has 0 fully saturated rings. The van der Waals surface area contributed by atoms with Crippen LogP contribution in [0.1, 0.15) is 40.5 Å². The summed E-state index contributed by atoms with van der Waals surface area (Å²) in [6, 6.07) is 0. The Morgan fingerprint density at radius 1 is 1.36 bits per heavy atom. The molecule has 0 unspecified atom stereocenters. The normalized spacial score (nSPS) is 11.6. The second-order valence-corrected chi connectivity index (χ2v) is 6.79. The van der Waals surface area contributed by atoms with Gasteiger partial charge in [-0.3, -0.25) is 0 Å². The van der Waals surface area contributed by atoms with Crippen LogP contribution in [0.15, 0.2) is 0 Å². The topological polar surface area (TPSA) is 17.1 Å². The summed E-state index contributed by atoms with van der Waals surface area (Å²) in [6.45, 7) is 8.23. The van der Waals surface area contributed by atoms with E-state index >= 15 is 0 Å². The van der Waals surface area contributed by atoms with Gasteiger partial charge in [0.15, 0.2) is 0 Å².